The Morgan fingerprint density at radius 1 is 1.02 bits per heavy atom. The standard InChI is InChI=1S/C35H55N3O12S/c1-13-24-35(10)28(38(21(7)39)33(51)50-35)18(4)25(41)16(2)15-34(9,49-32(36)44)29(19(5)26(42)20(6)30(43)47-24)48-31-27(46-22(8)40)23(37(11)12)14-17(3)45-31/h16-20,23-24,27-29,31H,13-15H2,1-12H3,(H2,36,44)/t16-,17-,18+,19+,20-,23+,24-,27-,28-,29-,31+,34-,35-/m1/s1. The summed E-state index contributed by atoms with van der Waals surface area (Å²) in [6, 6.07) is -1.36. The number of carbonyl (C=O) groups is 6. The molecule has 3 aliphatic rings. The van der Waals surface area contributed by atoms with E-state index < -0.39 is 95.2 Å². The smallest absolute Gasteiger partial charge is 0.405 e. The molecule has 0 aromatic rings. The number of fused-ring (bicyclic) bond motifs is 1. The zero-order valence-electron chi connectivity index (χ0n) is 31.8. The molecule has 0 bridgehead atoms. The number of hydrogen-bond acceptors (Lipinski definition) is 14. The summed E-state index contributed by atoms with van der Waals surface area (Å²) >= 11 is 5.45. The number of hydrogen-bond donors (Lipinski definition) is 1. The first-order valence-electron chi connectivity index (χ1n) is 17.4. The van der Waals surface area contributed by atoms with Gasteiger partial charge >= 0.3 is 18.0 Å². The Bertz CT molecular complexity index is 1390. The summed E-state index contributed by atoms with van der Waals surface area (Å²) in [5, 5.41) is -0.172. The molecule has 0 aromatic heterocycles. The van der Waals surface area contributed by atoms with Crippen molar-refractivity contribution in [3.63, 3.8) is 0 Å². The van der Waals surface area contributed by atoms with Gasteiger partial charge in [0.2, 0.25) is 5.91 Å². The number of carbonyl (C=O) groups excluding carboxylic acids is 6. The molecule has 2 amide bonds. The summed E-state index contributed by atoms with van der Waals surface area (Å²) in [6.45, 7) is 15.4. The number of likely N-dealkylation sites (N-methyl/N-ethyl adjacent to an activating group) is 1. The third kappa shape index (κ3) is 8.71. The minimum atomic E-state index is -1.79. The Balaban J connectivity index is 2.25. The van der Waals surface area contributed by atoms with E-state index in [1.807, 2.05) is 25.9 Å². The number of amides is 2. The van der Waals surface area contributed by atoms with Crippen LogP contribution in [0.4, 0.5) is 4.79 Å². The average molecular weight is 742 g/mol. The number of nitrogens with zero attached hydrogens (tertiary/aromatic N) is 2. The fourth-order valence-electron chi connectivity index (χ4n) is 8.13. The van der Waals surface area contributed by atoms with Crippen LogP contribution in [0, 0.1) is 23.7 Å². The molecule has 0 aliphatic carbocycles. The Labute approximate surface area is 305 Å². The Hall–Kier alpha value is -3.21. The van der Waals surface area contributed by atoms with E-state index >= 15 is 0 Å². The summed E-state index contributed by atoms with van der Waals surface area (Å²) in [6.07, 6.45) is -5.76. The Kier molecular flexibility index (Phi) is 13.4. The van der Waals surface area contributed by atoms with Crippen molar-refractivity contribution in [3.8, 4) is 0 Å². The Morgan fingerprint density at radius 3 is 2.14 bits per heavy atom. The van der Waals surface area contributed by atoms with Crippen LogP contribution < -0.4 is 5.73 Å². The lowest BCUT2D eigenvalue weighted by atomic mass is 9.73. The van der Waals surface area contributed by atoms with Crippen molar-refractivity contribution in [2.75, 3.05) is 14.1 Å². The first-order valence-corrected chi connectivity index (χ1v) is 17.8. The molecule has 0 radical (unpaired) electrons. The molecule has 3 aliphatic heterocycles. The zero-order chi connectivity index (χ0) is 38.9. The van der Waals surface area contributed by atoms with E-state index in [1.54, 1.807) is 27.7 Å². The second-order valence-corrected chi connectivity index (χ2v) is 15.2. The molecule has 2 N–H and O–H groups in total. The molecule has 3 heterocycles. The summed E-state index contributed by atoms with van der Waals surface area (Å²) in [5.41, 5.74) is 2.37. The molecular weight excluding hydrogens is 686 g/mol. The number of esters is 2. The van der Waals surface area contributed by atoms with Gasteiger partial charge < -0.3 is 39.1 Å². The molecule has 16 heteroatoms. The fraction of sp³-hybridized carbons (Fsp3) is 0.800. The van der Waals surface area contributed by atoms with E-state index in [4.69, 9.17) is 46.4 Å². The maximum atomic E-state index is 14.4. The minimum absolute atomic E-state index is 0.172. The molecule has 0 unspecified atom stereocenters. The van der Waals surface area contributed by atoms with Crippen molar-refractivity contribution in [1.82, 2.24) is 9.80 Å². The van der Waals surface area contributed by atoms with E-state index in [2.05, 4.69) is 0 Å². The highest BCUT2D eigenvalue weighted by Crippen LogP contribution is 2.43. The van der Waals surface area contributed by atoms with Gasteiger partial charge in [0.1, 0.15) is 29.5 Å². The molecule has 15 nitrogen and oxygen atoms in total. The van der Waals surface area contributed by atoms with Gasteiger partial charge in [0.05, 0.1) is 18.2 Å². The lowest BCUT2D eigenvalue weighted by Crippen LogP contribution is -2.61. The van der Waals surface area contributed by atoms with Gasteiger partial charge in [0.25, 0.3) is 5.17 Å². The predicted octanol–water partition coefficient (Wildman–Crippen LogP) is 2.92. The highest BCUT2D eigenvalue weighted by Gasteiger charge is 2.60. The van der Waals surface area contributed by atoms with Gasteiger partial charge in [-0.2, -0.15) is 0 Å². The van der Waals surface area contributed by atoms with Gasteiger partial charge in [0, 0.05) is 31.6 Å². The van der Waals surface area contributed by atoms with Crippen LogP contribution in [0.3, 0.4) is 0 Å². The number of thiocarbonyl (C=S) groups is 1. The van der Waals surface area contributed by atoms with Gasteiger partial charge in [0.15, 0.2) is 23.8 Å². The van der Waals surface area contributed by atoms with Crippen LogP contribution in [0.2, 0.25) is 0 Å². The molecule has 3 saturated heterocycles. The van der Waals surface area contributed by atoms with Crippen LogP contribution in [-0.2, 0) is 52.4 Å². The first-order chi connectivity index (χ1) is 23.5. The van der Waals surface area contributed by atoms with Crippen molar-refractivity contribution >= 4 is 52.9 Å². The largest absolute Gasteiger partial charge is 0.458 e. The second kappa shape index (κ2) is 16.2. The highest BCUT2D eigenvalue weighted by atomic mass is 32.1. The molecule has 3 fully saturated rings. The molecular formula is C35H55N3O12S. The fourth-order valence-corrected chi connectivity index (χ4v) is 8.55. The lowest BCUT2D eigenvalue weighted by Gasteiger charge is -2.47. The van der Waals surface area contributed by atoms with Gasteiger partial charge in [-0.15, -0.1) is 0 Å². The van der Waals surface area contributed by atoms with Crippen LogP contribution in [-0.4, -0.2) is 119 Å². The number of rotatable bonds is 6. The van der Waals surface area contributed by atoms with E-state index in [0.29, 0.717) is 6.42 Å². The van der Waals surface area contributed by atoms with Crippen molar-refractivity contribution in [1.29, 1.82) is 0 Å². The van der Waals surface area contributed by atoms with Crippen LogP contribution in [0.15, 0.2) is 0 Å². The van der Waals surface area contributed by atoms with Gasteiger partial charge in [-0.3, -0.25) is 28.9 Å². The van der Waals surface area contributed by atoms with E-state index in [1.165, 1.54) is 39.5 Å². The quantitative estimate of drug-likeness (QED) is 0.181. The molecule has 3 rings (SSSR count). The van der Waals surface area contributed by atoms with Crippen LogP contribution in [0.1, 0.15) is 88.5 Å². The van der Waals surface area contributed by atoms with Gasteiger partial charge in [-0.25, -0.2) is 4.79 Å². The van der Waals surface area contributed by atoms with E-state index in [0.717, 1.165) is 0 Å². The summed E-state index contributed by atoms with van der Waals surface area (Å²) < 4.78 is 36.4. The SMILES string of the molecule is CC[C@H]1OC(=O)[C@H](C)C(=O)[C@H](C)[C@@H](O[C@@H]2O[C@H](C)C[C@H](N(C)C)[C@H]2OC(C)=O)[C@](C)(OC(N)=O)C[C@@H](C)C(=O)[C@H](C)[C@H]2N(C(C)=O)C(=S)O[C@]12C. The van der Waals surface area contributed by atoms with Crippen LogP contribution in [0.5, 0.6) is 0 Å². The van der Waals surface area contributed by atoms with Crippen molar-refractivity contribution < 1.29 is 57.2 Å². The molecule has 13 atom stereocenters. The third-order valence-electron chi connectivity index (χ3n) is 10.5. The number of cyclic esters (lactones) is 1. The molecule has 0 saturated carbocycles. The molecule has 0 spiro atoms. The van der Waals surface area contributed by atoms with Gasteiger partial charge in [-0.1, -0.05) is 27.7 Å². The number of ether oxygens (including phenoxy) is 6. The predicted molar refractivity (Wildman–Crippen MR) is 186 cm³/mol. The van der Waals surface area contributed by atoms with E-state index in [-0.39, 0.29) is 35.9 Å². The monoisotopic (exact) mass is 741 g/mol. The topological polar surface area (TPSA) is 190 Å². The number of Topliss-reactive ketones (excluding diaryl/α,β-unsaturated/α-hetero) is 2. The lowest BCUT2D eigenvalue weighted by molar-refractivity contribution is -0.295. The zero-order valence-corrected chi connectivity index (χ0v) is 32.6. The highest BCUT2D eigenvalue weighted by molar-refractivity contribution is 7.80. The Morgan fingerprint density at radius 2 is 1.63 bits per heavy atom. The third-order valence-corrected chi connectivity index (χ3v) is 10.8. The van der Waals surface area contributed by atoms with Crippen molar-refractivity contribution in [2.24, 2.45) is 29.4 Å². The summed E-state index contributed by atoms with van der Waals surface area (Å²) in [7, 11) is 3.63. The molecule has 0 aromatic carbocycles. The number of ketones is 2. The summed E-state index contributed by atoms with van der Waals surface area (Å²) in [5.74, 6) is -7.32. The number of primary amides is 1. The maximum Gasteiger partial charge on any atom is 0.405 e. The minimum Gasteiger partial charge on any atom is -0.458 e. The first kappa shape index (κ1) is 42.2. The average Bonchev–Trinajstić information content (AvgIpc) is 3.30. The number of nitrogens with two attached hydrogens (primary N) is 1. The molecule has 51 heavy (non-hydrogen) atoms. The van der Waals surface area contributed by atoms with Crippen LogP contribution in [0.25, 0.3) is 0 Å². The second-order valence-electron chi connectivity index (χ2n) is 14.9. The van der Waals surface area contributed by atoms with Crippen molar-refractivity contribution in [3.05, 3.63) is 0 Å². The van der Waals surface area contributed by atoms with Gasteiger partial charge in [-0.05, 0) is 73.3 Å². The summed E-state index contributed by atoms with van der Waals surface area (Å²) in [4.78, 5) is 83.4. The maximum absolute atomic E-state index is 14.4. The normalized spacial score (nSPS) is 39.8. The van der Waals surface area contributed by atoms with Crippen LogP contribution >= 0.6 is 12.2 Å². The molecule has 288 valence electrons. The van der Waals surface area contributed by atoms with E-state index in [9.17, 15) is 28.8 Å². The van der Waals surface area contributed by atoms with Crippen molar-refractivity contribution in [2.45, 2.75) is 142 Å².